The number of aryl methyl sites for hydroxylation is 2. The molecule has 3 aromatic carbocycles. The molecule has 3 aromatic rings. The standard InChI is InChI=1S/C31H34ClNO5/c1-19-15-22(10-14-27(19)29(35)36)23-6-5-20-9-13-26(17-24(20)16-23)33(30(37)38-31(2,3)4)18-28(34)21-7-11-25(32)12-8-21/h5-8,10-12,14-16,26,28,34H,9,13,17-18H2,1-4H3,(H,35,36)/t26-,28-/m0/s1. The number of amides is 1. The first-order valence-electron chi connectivity index (χ1n) is 12.8. The lowest BCUT2D eigenvalue weighted by Gasteiger charge is -2.37. The Morgan fingerprint density at radius 1 is 1.03 bits per heavy atom. The third-order valence-corrected chi connectivity index (χ3v) is 7.14. The van der Waals surface area contributed by atoms with Crippen molar-refractivity contribution in [2.45, 2.75) is 64.7 Å². The average Bonchev–Trinajstić information content (AvgIpc) is 2.85. The first kappa shape index (κ1) is 27.7. The molecule has 38 heavy (non-hydrogen) atoms. The number of rotatable bonds is 6. The van der Waals surface area contributed by atoms with E-state index in [4.69, 9.17) is 16.3 Å². The van der Waals surface area contributed by atoms with Crippen LogP contribution in [-0.4, -0.2) is 45.4 Å². The van der Waals surface area contributed by atoms with Gasteiger partial charge in [-0.15, -0.1) is 0 Å². The van der Waals surface area contributed by atoms with Crippen molar-refractivity contribution >= 4 is 23.7 Å². The van der Waals surface area contributed by atoms with Crippen molar-refractivity contribution in [3.05, 3.63) is 93.5 Å². The summed E-state index contributed by atoms with van der Waals surface area (Å²) in [5.74, 6) is -0.939. The molecule has 0 spiro atoms. The summed E-state index contributed by atoms with van der Waals surface area (Å²) in [4.78, 5) is 26.4. The van der Waals surface area contributed by atoms with Gasteiger partial charge in [0.15, 0.2) is 0 Å². The predicted molar refractivity (Wildman–Crippen MR) is 149 cm³/mol. The molecule has 2 N–H and O–H groups in total. The van der Waals surface area contributed by atoms with Crippen LogP contribution in [0.4, 0.5) is 4.79 Å². The molecule has 4 rings (SSSR count). The molecule has 6 nitrogen and oxygen atoms in total. The number of carboxylic acids is 1. The predicted octanol–water partition coefficient (Wildman–Crippen LogP) is 6.84. The number of hydrogen-bond donors (Lipinski definition) is 2. The lowest BCUT2D eigenvalue weighted by atomic mass is 9.85. The van der Waals surface area contributed by atoms with Gasteiger partial charge in [0.2, 0.25) is 0 Å². The molecule has 1 aliphatic rings. The number of aliphatic hydroxyl groups is 1. The molecule has 0 heterocycles. The van der Waals surface area contributed by atoms with Gasteiger partial charge in [-0.1, -0.05) is 54.1 Å². The maximum atomic E-state index is 13.3. The zero-order chi connectivity index (χ0) is 27.6. The van der Waals surface area contributed by atoms with Gasteiger partial charge in [-0.05, 0) is 98.5 Å². The van der Waals surface area contributed by atoms with Crippen LogP contribution in [0.15, 0.2) is 60.7 Å². The van der Waals surface area contributed by atoms with Gasteiger partial charge < -0.3 is 19.8 Å². The van der Waals surface area contributed by atoms with Crippen molar-refractivity contribution in [3.8, 4) is 11.1 Å². The highest BCUT2D eigenvalue weighted by Crippen LogP contribution is 2.32. The summed E-state index contributed by atoms with van der Waals surface area (Å²) in [5.41, 5.74) is 5.31. The van der Waals surface area contributed by atoms with Gasteiger partial charge in [0.25, 0.3) is 0 Å². The molecule has 1 amide bonds. The van der Waals surface area contributed by atoms with Gasteiger partial charge in [0, 0.05) is 11.1 Å². The number of carboxylic acid groups (broad SMARTS) is 1. The quantitative estimate of drug-likeness (QED) is 0.361. The molecular formula is C31H34ClNO5. The second-order valence-electron chi connectivity index (χ2n) is 10.9. The summed E-state index contributed by atoms with van der Waals surface area (Å²) >= 11 is 6.01. The second kappa shape index (κ2) is 11.2. The Kier molecular flexibility index (Phi) is 8.14. The highest BCUT2D eigenvalue weighted by Gasteiger charge is 2.33. The van der Waals surface area contributed by atoms with E-state index in [0.29, 0.717) is 28.1 Å². The monoisotopic (exact) mass is 535 g/mol. The van der Waals surface area contributed by atoms with E-state index in [1.807, 2.05) is 32.9 Å². The number of carbonyl (C=O) groups excluding carboxylic acids is 1. The first-order valence-corrected chi connectivity index (χ1v) is 13.2. The number of ether oxygens (including phenoxy) is 1. The molecule has 0 aromatic heterocycles. The highest BCUT2D eigenvalue weighted by molar-refractivity contribution is 6.30. The van der Waals surface area contributed by atoms with Gasteiger partial charge >= 0.3 is 12.1 Å². The summed E-state index contributed by atoms with van der Waals surface area (Å²) in [6.45, 7) is 7.40. The summed E-state index contributed by atoms with van der Waals surface area (Å²) in [5, 5.41) is 20.9. The van der Waals surface area contributed by atoms with E-state index in [2.05, 4.69) is 18.2 Å². The number of fused-ring (bicyclic) bond motifs is 1. The van der Waals surface area contributed by atoms with E-state index in [1.165, 1.54) is 5.56 Å². The number of aliphatic hydroxyl groups excluding tert-OH is 1. The number of benzene rings is 3. The third-order valence-electron chi connectivity index (χ3n) is 6.89. The Morgan fingerprint density at radius 2 is 1.68 bits per heavy atom. The van der Waals surface area contributed by atoms with Crippen LogP contribution < -0.4 is 0 Å². The molecule has 0 saturated heterocycles. The normalized spacial score (nSPS) is 15.9. The van der Waals surface area contributed by atoms with Crippen LogP contribution in [0.3, 0.4) is 0 Å². The van der Waals surface area contributed by atoms with E-state index in [0.717, 1.165) is 29.5 Å². The van der Waals surface area contributed by atoms with Gasteiger partial charge in [-0.2, -0.15) is 0 Å². The van der Waals surface area contributed by atoms with Crippen molar-refractivity contribution in [3.63, 3.8) is 0 Å². The fourth-order valence-electron chi connectivity index (χ4n) is 4.94. The summed E-state index contributed by atoms with van der Waals surface area (Å²) in [6, 6.07) is 18.5. The van der Waals surface area contributed by atoms with Gasteiger partial charge in [-0.3, -0.25) is 0 Å². The Balaban J connectivity index is 1.60. The summed E-state index contributed by atoms with van der Waals surface area (Å²) in [6.07, 6.45) is 0.846. The van der Waals surface area contributed by atoms with Crippen LogP contribution in [-0.2, 0) is 17.6 Å². The van der Waals surface area contributed by atoms with Crippen LogP contribution in [0.2, 0.25) is 5.02 Å². The first-order chi connectivity index (χ1) is 17.9. The molecule has 7 heteroatoms. The molecule has 0 aliphatic heterocycles. The average molecular weight is 536 g/mol. The molecule has 2 atom stereocenters. The minimum atomic E-state index is -0.939. The molecule has 0 fully saturated rings. The van der Waals surface area contributed by atoms with E-state index in [-0.39, 0.29) is 12.6 Å². The highest BCUT2D eigenvalue weighted by atomic mass is 35.5. The molecule has 0 radical (unpaired) electrons. The molecule has 0 bridgehead atoms. The molecule has 1 aliphatic carbocycles. The van der Waals surface area contributed by atoms with Gasteiger partial charge in [-0.25, -0.2) is 9.59 Å². The number of nitrogens with zero attached hydrogens (tertiary/aromatic N) is 1. The van der Waals surface area contributed by atoms with Gasteiger partial charge in [0.05, 0.1) is 18.2 Å². The van der Waals surface area contributed by atoms with Crippen LogP contribution >= 0.6 is 11.6 Å². The Morgan fingerprint density at radius 3 is 2.32 bits per heavy atom. The van der Waals surface area contributed by atoms with Crippen molar-refractivity contribution in [1.29, 1.82) is 0 Å². The number of carbonyl (C=O) groups is 2. The second-order valence-corrected chi connectivity index (χ2v) is 11.4. The van der Waals surface area contributed by atoms with Crippen molar-refractivity contribution in [2.24, 2.45) is 0 Å². The maximum absolute atomic E-state index is 13.3. The largest absolute Gasteiger partial charge is 0.478 e. The van der Waals surface area contributed by atoms with E-state index in [9.17, 15) is 19.8 Å². The van der Waals surface area contributed by atoms with Crippen molar-refractivity contribution < 1.29 is 24.5 Å². The Bertz CT molecular complexity index is 1330. The van der Waals surface area contributed by atoms with E-state index < -0.39 is 23.8 Å². The van der Waals surface area contributed by atoms with Gasteiger partial charge in [0.1, 0.15) is 5.60 Å². The third kappa shape index (κ3) is 6.55. The fraction of sp³-hybridized carbons (Fsp3) is 0.355. The smallest absolute Gasteiger partial charge is 0.410 e. The van der Waals surface area contributed by atoms with Crippen LogP contribution in [0.5, 0.6) is 0 Å². The lowest BCUT2D eigenvalue weighted by Crippen LogP contribution is -2.47. The van der Waals surface area contributed by atoms with E-state index >= 15 is 0 Å². The zero-order valence-corrected chi connectivity index (χ0v) is 23.0. The summed E-state index contributed by atoms with van der Waals surface area (Å²) in [7, 11) is 0. The molecule has 200 valence electrons. The molecular weight excluding hydrogens is 502 g/mol. The van der Waals surface area contributed by atoms with Crippen LogP contribution in [0, 0.1) is 6.92 Å². The Labute approximate surface area is 228 Å². The minimum absolute atomic E-state index is 0.103. The van der Waals surface area contributed by atoms with Crippen LogP contribution in [0.25, 0.3) is 11.1 Å². The molecule has 0 saturated carbocycles. The van der Waals surface area contributed by atoms with E-state index in [1.54, 1.807) is 42.2 Å². The van der Waals surface area contributed by atoms with Crippen LogP contribution in [0.1, 0.15) is 65.9 Å². The summed E-state index contributed by atoms with van der Waals surface area (Å²) < 4.78 is 5.74. The number of aromatic carboxylic acids is 1. The van der Waals surface area contributed by atoms with Crippen molar-refractivity contribution in [1.82, 2.24) is 4.90 Å². The fourth-order valence-corrected chi connectivity index (χ4v) is 5.06. The zero-order valence-electron chi connectivity index (χ0n) is 22.2. The number of halogens is 1. The topological polar surface area (TPSA) is 87.1 Å². The molecule has 0 unspecified atom stereocenters. The number of hydrogen-bond acceptors (Lipinski definition) is 4. The minimum Gasteiger partial charge on any atom is -0.478 e. The lowest BCUT2D eigenvalue weighted by molar-refractivity contribution is 0.00194. The van der Waals surface area contributed by atoms with Crippen molar-refractivity contribution in [2.75, 3.05) is 6.54 Å². The maximum Gasteiger partial charge on any atom is 0.410 e. The SMILES string of the molecule is Cc1cc(-c2ccc3c(c2)C[C@@H](N(C[C@H](O)c2ccc(Cl)cc2)C(=O)OC(C)(C)C)CC3)ccc1C(=O)O. The Hall–Kier alpha value is -3.35.